The van der Waals surface area contributed by atoms with Gasteiger partial charge >= 0.3 is 5.97 Å². The summed E-state index contributed by atoms with van der Waals surface area (Å²) in [6, 6.07) is 7.34. The first-order valence-electron chi connectivity index (χ1n) is 5.32. The molecule has 1 rings (SSSR count). The monoisotopic (exact) mass is 239 g/mol. The van der Waals surface area contributed by atoms with Gasteiger partial charge in [0.15, 0.2) is 0 Å². The number of carbonyl (C=O) groups is 1. The second kappa shape index (κ2) is 7.65. The first kappa shape index (κ1) is 13.5. The number of esters is 1. The lowest BCUT2D eigenvalue weighted by Gasteiger charge is -2.06. The first-order chi connectivity index (χ1) is 8.26. The molecule has 0 aliphatic rings. The van der Waals surface area contributed by atoms with Crippen LogP contribution in [0.5, 0.6) is 5.75 Å². The van der Waals surface area contributed by atoms with E-state index in [1.54, 1.807) is 7.11 Å². The Hall–Kier alpha value is -1.59. The summed E-state index contributed by atoms with van der Waals surface area (Å²) in [5, 5.41) is 0. The largest absolute Gasteiger partial charge is 0.497 e. The molecule has 1 aromatic carbocycles. The Labute approximate surface area is 100 Å². The second-order valence-electron chi connectivity index (χ2n) is 3.35. The lowest BCUT2D eigenvalue weighted by molar-refractivity contribution is -0.150. The zero-order valence-corrected chi connectivity index (χ0v) is 9.85. The SMILES string of the molecule is COc1cccc(COC(=O)COCCN)c1. The van der Waals surface area contributed by atoms with Crippen LogP contribution < -0.4 is 10.5 Å². The topological polar surface area (TPSA) is 70.8 Å². The molecule has 0 aliphatic carbocycles. The van der Waals surface area contributed by atoms with Crippen molar-refractivity contribution in [1.29, 1.82) is 0 Å². The van der Waals surface area contributed by atoms with Crippen LogP contribution in [0.4, 0.5) is 0 Å². The predicted octanol–water partition coefficient (Wildman–Crippen LogP) is 0.714. The Morgan fingerprint density at radius 3 is 2.94 bits per heavy atom. The third-order valence-corrected chi connectivity index (χ3v) is 2.02. The van der Waals surface area contributed by atoms with E-state index in [2.05, 4.69) is 0 Å². The summed E-state index contributed by atoms with van der Waals surface area (Å²) in [6.45, 7) is 0.889. The van der Waals surface area contributed by atoms with Crippen LogP contribution in [0.2, 0.25) is 0 Å². The van der Waals surface area contributed by atoms with Crippen LogP contribution in [0.1, 0.15) is 5.56 Å². The lowest BCUT2D eigenvalue weighted by atomic mass is 10.2. The van der Waals surface area contributed by atoms with Crippen LogP contribution >= 0.6 is 0 Å². The number of hydrogen-bond donors (Lipinski definition) is 1. The Bertz CT molecular complexity index is 354. The molecule has 0 radical (unpaired) electrons. The van der Waals surface area contributed by atoms with Gasteiger partial charge in [-0.25, -0.2) is 4.79 Å². The minimum Gasteiger partial charge on any atom is -0.497 e. The second-order valence-corrected chi connectivity index (χ2v) is 3.35. The molecule has 5 nitrogen and oxygen atoms in total. The zero-order valence-electron chi connectivity index (χ0n) is 9.85. The van der Waals surface area contributed by atoms with Crippen LogP contribution in [0.25, 0.3) is 0 Å². The van der Waals surface area contributed by atoms with Gasteiger partial charge in [-0.3, -0.25) is 0 Å². The number of nitrogens with two attached hydrogens (primary N) is 1. The molecule has 0 aliphatic heterocycles. The number of benzene rings is 1. The van der Waals surface area contributed by atoms with E-state index in [-0.39, 0.29) is 13.2 Å². The Kier molecular flexibility index (Phi) is 6.06. The van der Waals surface area contributed by atoms with Crippen molar-refractivity contribution >= 4 is 5.97 Å². The molecule has 0 saturated carbocycles. The van der Waals surface area contributed by atoms with E-state index in [0.29, 0.717) is 13.2 Å². The highest BCUT2D eigenvalue weighted by Gasteiger charge is 2.03. The number of ether oxygens (including phenoxy) is 3. The molecule has 0 heterocycles. The van der Waals surface area contributed by atoms with Gasteiger partial charge in [0, 0.05) is 6.54 Å². The fourth-order valence-electron chi connectivity index (χ4n) is 1.21. The standard InChI is InChI=1S/C12H17NO4/c1-15-11-4-2-3-10(7-11)8-17-12(14)9-16-6-5-13/h2-4,7H,5-6,8-9,13H2,1H3. The number of rotatable bonds is 7. The molecule has 0 spiro atoms. The molecule has 17 heavy (non-hydrogen) atoms. The maximum atomic E-state index is 11.2. The summed E-state index contributed by atoms with van der Waals surface area (Å²) in [5.41, 5.74) is 6.09. The highest BCUT2D eigenvalue weighted by atomic mass is 16.6. The highest BCUT2D eigenvalue weighted by molar-refractivity contribution is 5.70. The van der Waals surface area contributed by atoms with Crippen LogP contribution in [0.15, 0.2) is 24.3 Å². The van der Waals surface area contributed by atoms with Crippen molar-refractivity contribution in [2.45, 2.75) is 6.61 Å². The zero-order chi connectivity index (χ0) is 12.5. The molecule has 0 bridgehead atoms. The Balaban J connectivity index is 2.31. The average Bonchev–Trinajstić information content (AvgIpc) is 2.37. The molecule has 2 N–H and O–H groups in total. The number of hydrogen-bond acceptors (Lipinski definition) is 5. The van der Waals surface area contributed by atoms with E-state index in [1.807, 2.05) is 24.3 Å². The minimum atomic E-state index is -0.402. The van der Waals surface area contributed by atoms with E-state index in [9.17, 15) is 4.79 Å². The molecule has 0 saturated heterocycles. The van der Waals surface area contributed by atoms with Crippen molar-refractivity contribution in [3.63, 3.8) is 0 Å². The number of carbonyl (C=O) groups excluding carboxylic acids is 1. The smallest absolute Gasteiger partial charge is 0.332 e. The predicted molar refractivity (Wildman–Crippen MR) is 62.7 cm³/mol. The molecular weight excluding hydrogens is 222 g/mol. The molecule has 0 aromatic heterocycles. The molecule has 1 aromatic rings. The van der Waals surface area contributed by atoms with Crippen molar-refractivity contribution in [2.24, 2.45) is 5.73 Å². The molecule has 0 unspecified atom stereocenters. The van der Waals surface area contributed by atoms with Gasteiger partial charge in [-0.15, -0.1) is 0 Å². The maximum Gasteiger partial charge on any atom is 0.332 e. The molecular formula is C12H17NO4. The van der Waals surface area contributed by atoms with Crippen LogP contribution in [0, 0.1) is 0 Å². The van der Waals surface area contributed by atoms with Crippen molar-refractivity contribution < 1.29 is 19.0 Å². The van der Waals surface area contributed by atoms with Crippen LogP contribution in [-0.2, 0) is 20.9 Å². The van der Waals surface area contributed by atoms with Crippen molar-refractivity contribution in [3.05, 3.63) is 29.8 Å². The van der Waals surface area contributed by atoms with E-state index in [4.69, 9.17) is 19.9 Å². The molecule has 0 amide bonds. The summed E-state index contributed by atoms with van der Waals surface area (Å²) >= 11 is 0. The van der Waals surface area contributed by atoms with Gasteiger partial charge in [-0.1, -0.05) is 12.1 Å². The summed E-state index contributed by atoms with van der Waals surface area (Å²) in [6.07, 6.45) is 0. The van der Waals surface area contributed by atoms with Gasteiger partial charge in [-0.2, -0.15) is 0 Å². The number of methoxy groups -OCH3 is 1. The summed E-state index contributed by atoms with van der Waals surface area (Å²) in [4.78, 5) is 11.2. The fourth-order valence-corrected chi connectivity index (χ4v) is 1.21. The van der Waals surface area contributed by atoms with Gasteiger partial charge in [0.1, 0.15) is 19.0 Å². The quantitative estimate of drug-likeness (QED) is 0.560. The van der Waals surface area contributed by atoms with E-state index >= 15 is 0 Å². The van der Waals surface area contributed by atoms with Gasteiger partial charge in [0.25, 0.3) is 0 Å². The van der Waals surface area contributed by atoms with Crippen molar-refractivity contribution in [3.8, 4) is 5.75 Å². The van der Waals surface area contributed by atoms with Gasteiger partial charge in [0.2, 0.25) is 0 Å². The van der Waals surface area contributed by atoms with E-state index in [1.165, 1.54) is 0 Å². The van der Waals surface area contributed by atoms with Gasteiger partial charge in [0.05, 0.1) is 13.7 Å². The normalized spacial score (nSPS) is 10.0. The average molecular weight is 239 g/mol. The Morgan fingerprint density at radius 1 is 1.41 bits per heavy atom. The van der Waals surface area contributed by atoms with Crippen LogP contribution in [-0.4, -0.2) is 32.8 Å². The molecule has 0 fully saturated rings. The van der Waals surface area contributed by atoms with E-state index < -0.39 is 5.97 Å². The molecule has 5 heteroatoms. The van der Waals surface area contributed by atoms with Crippen molar-refractivity contribution in [1.82, 2.24) is 0 Å². The lowest BCUT2D eigenvalue weighted by Crippen LogP contribution is -2.16. The third kappa shape index (κ3) is 5.33. The summed E-state index contributed by atoms with van der Waals surface area (Å²) in [7, 11) is 1.59. The highest BCUT2D eigenvalue weighted by Crippen LogP contribution is 2.13. The molecule has 0 atom stereocenters. The first-order valence-corrected chi connectivity index (χ1v) is 5.32. The van der Waals surface area contributed by atoms with Crippen molar-refractivity contribution in [2.75, 3.05) is 26.9 Å². The fraction of sp³-hybridized carbons (Fsp3) is 0.417. The summed E-state index contributed by atoms with van der Waals surface area (Å²) < 4.78 is 15.0. The van der Waals surface area contributed by atoms with Gasteiger partial charge < -0.3 is 19.9 Å². The third-order valence-electron chi connectivity index (χ3n) is 2.02. The Morgan fingerprint density at radius 2 is 2.24 bits per heavy atom. The minimum absolute atomic E-state index is 0.0683. The molecule has 94 valence electrons. The summed E-state index contributed by atoms with van der Waals surface area (Å²) in [5.74, 6) is 0.333. The van der Waals surface area contributed by atoms with Gasteiger partial charge in [-0.05, 0) is 17.7 Å². The van der Waals surface area contributed by atoms with E-state index in [0.717, 1.165) is 11.3 Å². The maximum absolute atomic E-state index is 11.2. The van der Waals surface area contributed by atoms with Crippen LogP contribution in [0.3, 0.4) is 0 Å².